The van der Waals surface area contributed by atoms with E-state index >= 15 is 0 Å². The fourth-order valence-electron chi connectivity index (χ4n) is 2.20. The van der Waals surface area contributed by atoms with Crippen LogP contribution in [-0.4, -0.2) is 29.9 Å². The molecule has 3 N–H and O–H groups in total. The molecule has 5 heteroatoms. The number of thioether (sulfide) groups is 1. The highest BCUT2D eigenvalue weighted by atomic mass is 32.2. The first-order valence-corrected chi connectivity index (χ1v) is 7.12. The molecule has 0 spiro atoms. The summed E-state index contributed by atoms with van der Waals surface area (Å²) in [6, 6.07) is -0.0559. The summed E-state index contributed by atoms with van der Waals surface area (Å²) in [6.07, 6.45) is 6.78. The lowest BCUT2D eigenvalue weighted by Gasteiger charge is -2.23. The lowest BCUT2D eigenvalue weighted by atomic mass is 9.94. The van der Waals surface area contributed by atoms with Gasteiger partial charge >= 0.3 is 0 Å². The van der Waals surface area contributed by atoms with Crippen LogP contribution in [0.5, 0.6) is 0 Å². The van der Waals surface area contributed by atoms with Crippen molar-refractivity contribution in [3.05, 3.63) is 0 Å². The molecule has 2 amide bonds. The molecule has 1 rings (SSSR count). The monoisotopic (exact) mass is 244 g/mol. The molecule has 0 bridgehead atoms. The largest absolute Gasteiger partial charge is 0.369 e. The topological polar surface area (TPSA) is 72.2 Å². The molecular formula is C11H20N2O2S. The molecule has 0 aliphatic heterocycles. The zero-order valence-electron chi connectivity index (χ0n) is 9.70. The van der Waals surface area contributed by atoms with Crippen molar-refractivity contribution >= 4 is 23.6 Å². The number of nitrogens with one attached hydrogen (secondary N) is 1. The molecular weight excluding hydrogens is 224 g/mol. The molecule has 1 saturated carbocycles. The summed E-state index contributed by atoms with van der Waals surface area (Å²) in [4.78, 5) is 22.8. The Hall–Kier alpha value is -0.710. The van der Waals surface area contributed by atoms with Gasteiger partial charge in [0, 0.05) is 6.04 Å². The number of carbonyl (C=O) groups excluding carboxylic acids is 2. The highest BCUT2D eigenvalue weighted by Gasteiger charge is 2.28. The van der Waals surface area contributed by atoms with Gasteiger partial charge < -0.3 is 11.1 Å². The number of rotatable bonds is 4. The van der Waals surface area contributed by atoms with Gasteiger partial charge in [0.15, 0.2) is 0 Å². The summed E-state index contributed by atoms with van der Waals surface area (Å²) in [5.74, 6) is -0.0163. The van der Waals surface area contributed by atoms with Gasteiger partial charge in [-0.05, 0) is 19.1 Å². The quantitative estimate of drug-likeness (QED) is 0.722. The van der Waals surface area contributed by atoms with Crippen molar-refractivity contribution in [2.75, 3.05) is 12.0 Å². The van der Waals surface area contributed by atoms with E-state index in [1.165, 1.54) is 11.8 Å². The molecule has 1 aliphatic carbocycles. The van der Waals surface area contributed by atoms with Crippen LogP contribution in [-0.2, 0) is 9.59 Å². The van der Waals surface area contributed by atoms with Gasteiger partial charge in [-0.2, -0.15) is 11.8 Å². The summed E-state index contributed by atoms with van der Waals surface area (Å²) in [7, 11) is 0. The maximum atomic E-state index is 11.5. The molecule has 2 atom stereocenters. The van der Waals surface area contributed by atoms with Crippen LogP contribution in [0.25, 0.3) is 0 Å². The van der Waals surface area contributed by atoms with E-state index in [1.807, 2.05) is 6.26 Å². The molecule has 0 unspecified atom stereocenters. The van der Waals surface area contributed by atoms with E-state index in [0.717, 1.165) is 32.1 Å². The Morgan fingerprint density at radius 2 is 2.00 bits per heavy atom. The fourth-order valence-corrected chi connectivity index (χ4v) is 2.55. The van der Waals surface area contributed by atoms with Crippen LogP contribution in [0.15, 0.2) is 0 Å². The van der Waals surface area contributed by atoms with E-state index in [1.54, 1.807) is 0 Å². The molecule has 0 aromatic carbocycles. The minimum Gasteiger partial charge on any atom is -0.369 e. The van der Waals surface area contributed by atoms with Gasteiger partial charge in [0.2, 0.25) is 11.8 Å². The highest BCUT2D eigenvalue weighted by Crippen LogP contribution is 2.23. The van der Waals surface area contributed by atoms with Crippen LogP contribution >= 0.6 is 11.8 Å². The van der Waals surface area contributed by atoms with Crippen LogP contribution in [0.1, 0.15) is 32.1 Å². The molecule has 1 fully saturated rings. The van der Waals surface area contributed by atoms with Crippen LogP contribution in [0.2, 0.25) is 0 Å². The summed E-state index contributed by atoms with van der Waals surface area (Å²) in [6.45, 7) is 0. The predicted octanol–water partition coefficient (Wildman–Crippen LogP) is 0.900. The molecule has 0 radical (unpaired) electrons. The molecule has 16 heavy (non-hydrogen) atoms. The maximum absolute atomic E-state index is 11.5. The zero-order valence-corrected chi connectivity index (χ0v) is 10.5. The average molecular weight is 244 g/mol. The Bertz CT molecular complexity index is 258. The number of primary amides is 1. The van der Waals surface area contributed by atoms with Crippen molar-refractivity contribution in [1.29, 1.82) is 0 Å². The molecule has 0 aromatic rings. The van der Waals surface area contributed by atoms with E-state index in [4.69, 9.17) is 5.73 Å². The van der Waals surface area contributed by atoms with E-state index in [2.05, 4.69) is 5.32 Å². The Balaban J connectivity index is 2.57. The molecule has 92 valence electrons. The van der Waals surface area contributed by atoms with E-state index in [0.29, 0.717) is 5.75 Å². The van der Waals surface area contributed by atoms with Crippen molar-refractivity contribution in [3.8, 4) is 0 Å². The lowest BCUT2D eigenvalue weighted by molar-refractivity contribution is -0.124. The van der Waals surface area contributed by atoms with Gasteiger partial charge in [0.25, 0.3) is 0 Å². The van der Waals surface area contributed by atoms with Crippen LogP contribution < -0.4 is 11.1 Å². The van der Waals surface area contributed by atoms with Crippen molar-refractivity contribution in [2.45, 2.75) is 38.1 Å². The Morgan fingerprint density at radius 1 is 1.31 bits per heavy atom. The number of hydrogen-bond acceptors (Lipinski definition) is 3. The summed E-state index contributed by atoms with van der Waals surface area (Å²) < 4.78 is 0. The Kier molecular flexibility index (Phi) is 5.66. The normalized spacial score (nSPS) is 25.8. The number of hydrogen-bond donors (Lipinski definition) is 2. The predicted molar refractivity (Wildman–Crippen MR) is 66.1 cm³/mol. The van der Waals surface area contributed by atoms with Gasteiger partial charge in [0.1, 0.15) is 0 Å². The van der Waals surface area contributed by atoms with Crippen LogP contribution in [0, 0.1) is 5.92 Å². The standard InChI is InChI=1S/C11H20N2O2S/c1-16-7-10(14)13-9-6-4-2-3-5-8(9)11(12)15/h8-9H,2-7H2,1H3,(H2,12,15)(H,13,14)/t8-,9-/m1/s1. The zero-order chi connectivity index (χ0) is 12.0. The van der Waals surface area contributed by atoms with Gasteiger partial charge in [0.05, 0.1) is 11.7 Å². The van der Waals surface area contributed by atoms with Gasteiger partial charge in [-0.15, -0.1) is 0 Å². The third kappa shape index (κ3) is 4.04. The van der Waals surface area contributed by atoms with Crippen molar-refractivity contribution in [3.63, 3.8) is 0 Å². The first-order valence-electron chi connectivity index (χ1n) is 5.72. The smallest absolute Gasteiger partial charge is 0.230 e. The minimum atomic E-state index is -0.281. The number of amides is 2. The van der Waals surface area contributed by atoms with E-state index in [9.17, 15) is 9.59 Å². The number of nitrogens with two attached hydrogens (primary N) is 1. The molecule has 0 heterocycles. The highest BCUT2D eigenvalue weighted by molar-refractivity contribution is 7.99. The molecule has 1 aliphatic rings. The second kappa shape index (κ2) is 6.78. The van der Waals surface area contributed by atoms with E-state index < -0.39 is 0 Å². The van der Waals surface area contributed by atoms with Gasteiger partial charge in [-0.3, -0.25) is 9.59 Å². The SMILES string of the molecule is CSCC(=O)N[C@@H]1CCCCC[C@H]1C(N)=O. The van der Waals surface area contributed by atoms with Crippen molar-refractivity contribution in [2.24, 2.45) is 11.7 Å². The first kappa shape index (κ1) is 13.4. The van der Waals surface area contributed by atoms with Gasteiger partial charge in [-0.25, -0.2) is 0 Å². The average Bonchev–Trinajstić information content (AvgIpc) is 2.43. The Morgan fingerprint density at radius 3 is 2.62 bits per heavy atom. The second-order valence-electron chi connectivity index (χ2n) is 4.25. The molecule has 4 nitrogen and oxygen atoms in total. The molecule has 0 aromatic heterocycles. The van der Waals surface area contributed by atoms with Crippen molar-refractivity contribution < 1.29 is 9.59 Å². The van der Waals surface area contributed by atoms with Crippen LogP contribution in [0.3, 0.4) is 0 Å². The fraction of sp³-hybridized carbons (Fsp3) is 0.818. The van der Waals surface area contributed by atoms with Gasteiger partial charge in [-0.1, -0.05) is 19.3 Å². The summed E-state index contributed by atoms with van der Waals surface area (Å²) >= 11 is 1.48. The third-order valence-corrected chi connectivity index (χ3v) is 3.55. The first-order chi connectivity index (χ1) is 7.65. The third-order valence-electron chi connectivity index (χ3n) is 3.00. The summed E-state index contributed by atoms with van der Waals surface area (Å²) in [5.41, 5.74) is 5.38. The Labute approximate surface area is 101 Å². The number of carbonyl (C=O) groups is 2. The summed E-state index contributed by atoms with van der Waals surface area (Å²) in [5, 5.41) is 2.93. The lowest BCUT2D eigenvalue weighted by Crippen LogP contribution is -2.45. The van der Waals surface area contributed by atoms with Crippen LogP contribution in [0.4, 0.5) is 0 Å². The minimum absolute atomic E-state index is 0.00523. The second-order valence-corrected chi connectivity index (χ2v) is 5.12. The van der Waals surface area contributed by atoms with Crippen molar-refractivity contribution in [1.82, 2.24) is 5.32 Å². The maximum Gasteiger partial charge on any atom is 0.230 e. The molecule has 0 saturated heterocycles. The van der Waals surface area contributed by atoms with E-state index in [-0.39, 0.29) is 23.8 Å².